The second-order valence-electron chi connectivity index (χ2n) is 8.56. The summed E-state index contributed by atoms with van der Waals surface area (Å²) in [6.07, 6.45) is 1.05. The van der Waals surface area contributed by atoms with Crippen LogP contribution in [0.4, 0.5) is 0 Å². The summed E-state index contributed by atoms with van der Waals surface area (Å²) < 4.78 is 12.7. The van der Waals surface area contributed by atoms with Crippen LogP contribution in [-0.4, -0.2) is 65.4 Å². The van der Waals surface area contributed by atoms with Crippen molar-refractivity contribution in [1.29, 1.82) is 0 Å². The fourth-order valence-corrected chi connectivity index (χ4v) is 4.51. The van der Waals surface area contributed by atoms with Crippen molar-refractivity contribution in [1.82, 2.24) is 24.8 Å². The minimum Gasteiger partial charge on any atom is -0.497 e. The molecule has 3 heterocycles. The van der Waals surface area contributed by atoms with Gasteiger partial charge in [0.15, 0.2) is 5.65 Å². The van der Waals surface area contributed by atoms with Gasteiger partial charge in [-0.2, -0.15) is 5.10 Å². The van der Waals surface area contributed by atoms with Gasteiger partial charge in [-0.15, -0.1) is 0 Å². The van der Waals surface area contributed by atoms with E-state index in [4.69, 9.17) is 9.47 Å². The number of nitrogens with one attached hydrogen (secondary N) is 1. The van der Waals surface area contributed by atoms with Gasteiger partial charge >= 0.3 is 0 Å². The summed E-state index contributed by atoms with van der Waals surface area (Å²) >= 11 is 0. The molecule has 33 heavy (non-hydrogen) atoms. The molecule has 1 aromatic carbocycles. The molecule has 0 bridgehead atoms. The van der Waals surface area contributed by atoms with Gasteiger partial charge in [0.2, 0.25) is 5.91 Å². The molecule has 0 saturated carbocycles. The molecule has 0 spiro atoms. The summed E-state index contributed by atoms with van der Waals surface area (Å²) in [5.41, 5.74) is 6.03. The van der Waals surface area contributed by atoms with Gasteiger partial charge in [0.05, 0.1) is 32.1 Å². The second kappa shape index (κ2) is 10.3. The highest BCUT2D eigenvalue weighted by Crippen LogP contribution is 2.24. The van der Waals surface area contributed by atoms with Gasteiger partial charge in [0.25, 0.3) is 0 Å². The number of benzene rings is 1. The molecule has 3 aromatic rings. The van der Waals surface area contributed by atoms with E-state index in [1.165, 1.54) is 0 Å². The van der Waals surface area contributed by atoms with Gasteiger partial charge in [-0.1, -0.05) is 12.1 Å². The molecule has 1 unspecified atom stereocenters. The number of hydrogen-bond donors (Lipinski definition) is 1. The molecular formula is C25H33N5O3. The molecule has 0 radical (unpaired) electrons. The minimum absolute atomic E-state index is 0.0392. The third-order valence-electron chi connectivity index (χ3n) is 6.37. The average molecular weight is 452 g/mol. The van der Waals surface area contributed by atoms with Crippen molar-refractivity contribution < 1.29 is 14.3 Å². The Morgan fingerprint density at radius 2 is 1.91 bits per heavy atom. The number of aryl methyl sites for hydroxylation is 3. The Morgan fingerprint density at radius 3 is 2.61 bits per heavy atom. The lowest BCUT2D eigenvalue weighted by molar-refractivity contribution is -0.121. The third kappa shape index (κ3) is 5.34. The van der Waals surface area contributed by atoms with E-state index in [0.717, 1.165) is 52.7 Å². The van der Waals surface area contributed by atoms with Crippen molar-refractivity contribution in [3.8, 4) is 5.75 Å². The van der Waals surface area contributed by atoms with Crippen LogP contribution in [0.15, 0.2) is 30.3 Å². The number of carbonyl (C=O) groups excluding carboxylic acids is 1. The fraction of sp³-hybridized carbons (Fsp3) is 0.480. The lowest BCUT2D eigenvalue weighted by Crippen LogP contribution is -2.43. The van der Waals surface area contributed by atoms with Crippen LogP contribution in [0.25, 0.3) is 5.65 Å². The second-order valence-corrected chi connectivity index (χ2v) is 8.56. The Balaban J connectivity index is 1.41. The van der Waals surface area contributed by atoms with Crippen LogP contribution < -0.4 is 10.1 Å². The molecule has 1 aliphatic heterocycles. The van der Waals surface area contributed by atoms with Crippen molar-refractivity contribution in [3.05, 3.63) is 58.5 Å². The zero-order valence-electron chi connectivity index (χ0n) is 19.9. The first-order valence-corrected chi connectivity index (χ1v) is 11.5. The van der Waals surface area contributed by atoms with Gasteiger partial charge in [0, 0.05) is 43.5 Å². The van der Waals surface area contributed by atoms with Crippen molar-refractivity contribution in [3.63, 3.8) is 0 Å². The maximum Gasteiger partial charge on any atom is 0.220 e. The predicted octanol–water partition coefficient (Wildman–Crippen LogP) is 2.79. The fourth-order valence-electron chi connectivity index (χ4n) is 4.51. The standard InChI is InChI=1S/C25H33N5O3/c1-17-15-24-27-18(2)22(19(3)30(24)28-17)9-10-25(31)26-16-23(29-11-13-33-14-12-29)20-5-7-21(32-4)8-6-20/h5-8,15,23H,9-14,16H2,1-4H3,(H,26,31). The summed E-state index contributed by atoms with van der Waals surface area (Å²) in [5.74, 6) is 0.865. The van der Waals surface area contributed by atoms with E-state index >= 15 is 0 Å². The molecule has 2 aromatic heterocycles. The first-order chi connectivity index (χ1) is 16.0. The molecule has 1 amide bonds. The van der Waals surface area contributed by atoms with Crippen LogP contribution in [0.3, 0.4) is 0 Å². The number of morpholine rings is 1. The normalized spacial score (nSPS) is 15.5. The van der Waals surface area contributed by atoms with E-state index < -0.39 is 0 Å². The maximum absolute atomic E-state index is 12.8. The Kier molecular flexibility index (Phi) is 7.25. The summed E-state index contributed by atoms with van der Waals surface area (Å²) in [7, 11) is 1.67. The molecule has 1 fully saturated rings. The Morgan fingerprint density at radius 1 is 1.18 bits per heavy atom. The number of carbonyl (C=O) groups is 1. The number of methoxy groups -OCH3 is 1. The van der Waals surface area contributed by atoms with E-state index in [0.29, 0.717) is 32.6 Å². The van der Waals surface area contributed by atoms with Crippen LogP contribution in [0.5, 0.6) is 5.75 Å². The quantitative estimate of drug-likeness (QED) is 0.567. The van der Waals surface area contributed by atoms with E-state index in [1.54, 1.807) is 7.11 Å². The first kappa shape index (κ1) is 23.2. The lowest BCUT2D eigenvalue weighted by atomic mass is 10.0. The SMILES string of the molecule is COc1ccc(C(CNC(=O)CCc2c(C)nc3cc(C)nn3c2C)N2CCOCC2)cc1. The van der Waals surface area contributed by atoms with E-state index in [2.05, 4.69) is 32.4 Å². The Labute approximate surface area is 194 Å². The molecule has 1 aliphatic rings. The molecule has 4 rings (SSSR count). The van der Waals surface area contributed by atoms with E-state index in [9.17, 15) is 4.79 Å². The van der Waals surface area contributed by atoms with E-state index in [1.807, 2.05) is 43.5 Å². The highest BCUT2D eigenvalue weighted by Gasteiger charge is 2.23. The lowest BCUT2D eigenvalue weighted by Gasteiger charge is -2.35. The molecule has 8 nitrogen and oxygen atoms in total. The number of nitrogens with zero attached hydrogens (tertiary/aromatic N) is 4. The molecule has 176 valence electrons. The van der Waals surface area contributed by atoms with E-state index in [-0.39, 0.29) is 11.9 Å². The number of ether oxygens (including phenoxy) is 2. The topological polar surface area (TPSA) is 81.0 Å². The Hall–Kier alpha value is -2.97. The number of hydrogen-bond acceptors (Lipinski definition) is 6. The number of aromatic nitrogens is 3. The Bertz CT molecular complexity index is 1100. The monoisotopic (exact) mass is 451 g/mol. The highest BCUT2D eigenvalue weighted by molar-refractivity contribution is 5.76. The average Bonchev–Trinajstić information content (AvgIpc) is 3.20. The van der Waals surface area contributed by atoms with Crippen LogP contribution >= 0.6 is 0 Å². The maximum atomic E-state index is 12.8. The van der Waals surface area contributed by atoms with Crippen molar-refractivity contribution in [2.75, 3.05) is 40.0 Å². The number of rotatable bonds is 8. The molecule has 8 heteroatoms. The predicted molar refractivity (Wildman–Crippen MR) is 127 cm³/mol. The minimum atomic E-state index is 0.0392. The molecule has 1 saturated heterocycles. The molecule has 1 N–H and O–H groups in total. The van der Waals surface area contributed by atoms with Gasteiger partial charge < -0.3 is 14.8 Å². The smallest absolute Gasteiger partial charge is 0.220 e. The molecular weight excluding hydrogens is 418 g/mol. The first-order valence-electron chi connectivity index (χ1n) is 11.5. The van der Waals surface area contributed by atoms with Crippen LogP contribution in [0, 0.1) is 20.8 Å². The third-order valence-corrected chi connectivity index (χ3v) is 6.37. The van der Waals surface area contributed by atoms with Gasteiger partial charge in [-0.3, -0.25) is 9.69 Å². The van der Waals surface area contributed by atoms with Gasteiger partial charge in [-0.25, -0.2) is 9.50 Å². The molecule has 1 atom stereocenters. The van der Waals surface area contributed by atoms with Gasteiger partial charge in [0.1, 0.15) is 5.75 Å². The van der Waals surface area contributed by atoms with Crippen LogP contribution in [0.2, 0.25) is 0 Å². The van der Waals surface area contributed by atoms with Crippen LogP contribution in [0.1, 0.15) is 40.7 Å². The highest BCUT2D eigenvalue weighted by atomic mass is 16.5. The zero-order chi connectivity index (χ0) is 23.4. The summed E-state index contributed by atoms with van der Waals surface area (Å²) in [4.78, 5) is 19.8. The van der Waals surface area contributed by atoms with Gasteiger partial charge in [-0.05, 0) is 50.5 Å². The number of amides is 1. The summed E-state index contributed by atoms with van der Waals surface area (Å²) in [5, 5.41) is 7.69. The summed E-state index contributed by atoms with van der Waals surface area (Å²) in [6, 6.07) is 10.2. The van der Waals surface area contributed by atoms with Crippen molar-refractivity contribution in [2.45, 2.75) is 39.7 Å². The summed E-state index contributed by atoms with van der Waals surface area (Å²) in [6.45, 7) is 9.67. The number of fused-ring (bicyclic) bond motifs is 1. The van der Waals surface area contributed by atoms with Crippen molar-refractivity contribution in [2.24, 2.45) is 0 Å². The van der Waals surface area contributed by atoms with Crippen LogP contribution in [-0.2, 0) is 16.0 Å². The molecule has 0 aliphatic carbocycles. The largest absolute Gasteiger partial charge is 0.497 e. The zero-order valence-corrected chi connectivity index (χ0v) is 19.9. The van der Waals surface area contributed by atoms with Crippen molar-refractivity contribution >= 4 is 11.6 Å².